The summed E-state index contributed by atoms with van der Waals surface area (Å²) in [5.41, 5.74) is 3.45. The van der Waals surface area contributed by atoms with Gasteiger partial charge in [0, 0.05) is 43.2 Å². The molecule has 0 unspecified atom stereocenters. The highest BCUT2D eigenvalue weighted by molar-refractivity contribution is 7.09. The van der Waals surface area contributed by atoms with Crippen molar-refractivity contribution in [2.24, 2.45) is 4.99 Å². The van der Waals surface area contributed by atoms with Crippen LogP contribution in [-0.2, 0) is 17.9 Å². The number of carbonyl (C=O) groups is 1. The Hall–Kier alpha value is -2.44. The van der Waals surface area contributed by atoms with Crippen LogP contribution in [0.2, 0.25) is 0 Å². The number of rotatable bonds is 4. The van der Waals surface area contributed by atoms with Gasteiger partial charge in [0.2, 0.25) is 5.96 Å². The lowest BCUT2D eigenvalue weighted by Gasteiger charge is -2.42. The third-order valence-corrected chi connectivity index (χ3v) is 6.29. The molecule has 2 aromatic rings. The van der Waals surface area contributed by atoms with E-state index in [2.05, 4.69) is 50.5 Å². The van der Waals surface area contributed by atoms with Gasteiger partial charge in [-0.2, -0.15) is 0 Å². The maximum absolute atomic E-state index is 13.4. The molecule has 3 aliphatic heterocycles. The van der Waals surface area contributed by atoms with Crippen molar-refractivity contribution in [2.75, 3.05) is 26.2 Å². The van der Waals surface area contributed by atoms with Crippen LogP contribution in [0.4, 0.5) is 0 Å². The Morgan fingerprint density at radius 2 is 1.93 bits per heavy atom. The fourth-order valence-electron chi connectivity index (χ4n) is 4.15. The van der Waals surface area contributed by atoms with E-state index in [0.717, 1.165) is 44.1 Å². The number of aliphatic imine (C=N–C) groups is 1. The molecule has 0 spiro atoms. The van der Waals surface area contributed by atoms with E-state index in [9.17, 15) is 4.79 Å². The summed E-state index contributed by atoms with van der Waals surface area (Å²) in [4.78, 5) is 25.8. The smallest absolute Gasteiger partial charge is 0.259 e. The van der Waals surface area contributed by atoms with Crippen molar-refractivity contribution in [1.29, 1.82) is 0 Å². The van der Waals surface area contributed by atoms with Crippen molar-refractivity contribution in [3.63, 3.8) is 0 Å². The Balaban J connectivity index is 1.41. The molecule has 5 rings (SSSR count). The zero-order valence-corrected chi connectivity index (χ0v) is 16.0. The molecule has 6 heteroatoms. The van der Waals surface area contributed by atoms with Gasteiger partial charge in [0.15, 0.2) is 0 Å². The van der Waals surface area contributed by atoms with Gasteiger partial charge < -0.3 is 4.90 Å². The molecule has 5 nitrogen and oxygen atoms in total. The van der Waals surface area contributed by atoms with Gasteiger partial charge >= 0.3 is 0 Å². The zero-order valence-electron chi connectivity index (χ0n) is 15.2. The summed E-state index contributed by atoms with van der Waals surface area (Å²) in [6.07, 6.45) is 0.916. The number of thiophene rings is 1. The van der Waals surface area contributed by atoms with Gasteiger partial charge in [0.1, 0.15) is 0 Å². The van der Waals surface area contributed by atoms with E-state index in [0.29, 0.717) is 13.1 Å². The van der Waals surface area contributed by atoms with Gasteiger partial charge in [0.25, 0.3) is 5.91 Å². The first-order valence-corrected chi connectivity index (χ1v) is 10.3. The van der Waals surface area contributed by atoms with Crippen molar-refractivity contribution < 1.29 is 4.79 Å². The van der Waals surface area contributed by atoms with Gasteiger partial charge in [-0.25, -0.2) is 0 Å². The fourth-order valence-corrected chi connectivity index (χ4v) is 4.84. The van der Waals surface area contributed by atoms with Crippen LogP contribution in [0.25, 0.3) is 0 Å². The van der Waals surface area contributed by atoms with Gasteiger partial charge in [-0.1, -0.05) is 36.4 Å². The van der Waals surface area contributed by atoms with Crippen LogP contribution in [0, 0.1) is 0 Å². The molecule has 0 saturated carbocycles. The van der Waals surface area contributed by atoms with Crippen LogP contribution in [0.1, 0.15) is 16.9 Å². The molecule has 0 N–H and O–H groups in total. The highest BCUT2D eigenvalue weighted by Gasteiger charge is 2.40. The van der Waals surface area contributed by atoms with E-state index in [1.165, 1.54) is 16.1 Å². The second-order valence-corrected chi connectivity index (χ2v) is 8.21. The van der Waals surface area contributed by atoms with Crippen LogP contribution in [-0.4, -0.2) is 52.7 Å². The first-order valence-electron chi connectivity index (χ1n) is 9.44. The highest BCUT2D eigenvalue weighted by atomic mass is 32.1. The van der Waals surface area contributed by atoms with Crippen molar-refractivity contribution >= 4 is 23.2 Å². The summed E-state index contributed by atoms with van der Waals surface area (Å²) in [5, 5.41) is 2.06. The molecule has 1 aromatic carbocycles. The van der Waals surface area contributed by atoms with E-state index in [4.69, 9.17) is 0 Å². The van der Waals surface area contributed by atoms with Crippen LogP contribution in [0.5, 0.6) is 0 Å². The van der Waals surface area contributed by atoms with Gasteiger partial charge in [-0.15, -0.1) is 11.3 Å². The number of amides is 1. The minimum Gasteiger partial charge on any atom is -0.314 e. The lowest BCUT2D eigenvalue weighted by Crippen LogP contribution is -2.53. The minimum absolute atomic E-state index is 0.132. The first kappa shape index (κ1) is 16.7. The molecule has 27 heavy (non-hydrogen) atoms. The molecule has 0 bridgehead atoms. The summed E-state index contributed by atoms with van der Waals surface area (Å²) >= 11 is 1.69. The lowest BCUT2D eigenvalue weighted by molar-refractivity contribution is -0.125. The van der Waals surface area contributed by atoms with Crippen LogP contribution in [0.15, 0.2) is 64.1 Å². The predicted molar refractivity (Wildman–Crippen MR) is 107 cm³/mol. The molecular weight excluding hydrogens is 356 g/mol. The molecule has 3 aliphatic rings. The summed E-state index contributed by atoms with van der Waals surface area (Å²) in [6, 6.07) is 14.6. The Morgan fingerprint density at radius 3 is 2.74 bits per heavy atom. The van der Waals surface area contributed by atoms with Crippen molar-refractivity contribution in [2.45, 2.75) is 19.5 Å². The number of hydrogen-bond donors (Lipinski definition) is 0. The highest BCUT2D eigenvalue weighted by Crippen LogP contribution is 2.32. The molecular formula is C21H22N4OS. The third-order valence-electron chi connectivity index (χ3n) is 5.43. The van der Waals surface area contributed by atoms with Gasteiger partial charge in [-0.3, -0.25) is 19.6 Å². The first-order chi connectivity index (χ1) is 13.3. The average molecular weight is 379 g/mol. The Kier molecular flexibility index (Phi) is 4.30. The number of nitrogens with zero attached hydrogens (tertiary/aromatic N) is 4. The summed E-state index contributed by atoms with van der Waals surface area (Å²) < 4.78 is 0. The summed E-state index contributed by atoms with van der Waals surface area (Å²) in [6.45, 7) is 4.86. The summed E-state index contributed by atoms with van der Waals surface area (Å²) in [7, 11) is 0. The molecule has 0 atom stereocenters. The molecule has 1 aromatic heterocycles. The number of hydrogen-bond acceptors (Lipinski definition) is 5. The quantitative estimate of drug-likeness (QED) is 0.821. The molecule has 1 amide bonds. The molecule has 4 heterocycles. The topological polar surface area (TPSA) is 39.2 Å². The molecule has 0 fully saturated rings. The SMILES string of the molecule is O=C1C2=C(CCN(Cc3ccccc3)C2)N2CCN=C2N1Cc1cccs1. The van der Waals surface area contributed by atoms with Crippen LogP contribution < -0.4 is 0 Å². The fraction of sp³-hybridized carbons (Fsp3) is 0.333. The maximum Gasteiger partial charge on any atom is 0.259 e. The number of guanidine groups is 1. The third kappa shape index (κ3) is 3.09. The molecule has 0 radical (unpaired) electrons. The minimum atomic E-state index is 0.132. The van der Waals surface area contributed by atoms with Crippen molar-refractivity contribution in [3.8, 4) is 0 Å². The van der Waals surface area contributed by atoms with Crippen molar-refractivity contribution in [3.05, 3.63) is 69.6 Å². The molecule has 138 valence electrons. The Morgan fingerprint density at radius 1 is 1.04 bits per heavy atom. The molecule has 0 saturated heterocycles. The Bertz CT molecular complexity index is 904. The number of benzene rings is 1. The van der Waals surface area contributed by atoms with E-state index >= 15 is 0 Å². The normalized spacial score (nSPS) is 20.0. The predicted octanol–water partition coefficient (Wildman–Crippen LogP) is 2.92. The van der Waals surface area contributed by atoms with E-state index < -0.39 is 0 Å². The van der Waals surface area contributed by atoms with Gasteiger partial charge in [-0.05, 0) is 17.0 Å². The number of carbonyl (C=O) groups excluding carboxylic acids is 1. The second kappa shape index (κ2) is 6.94. The second-order valence-electron chi connectivity index (χ2n) is 7.18. The standard InChI is InChI=1S/C21H22N4OS/c26-20-18-15-23(13-16-5-2-1-3-6-16)10-8-19(18)24-11-9-22-21(24)25(20)14-17-7-4-12-27-17/h1-7,12H,8-11,13-15H2. The molecule has 0 aliphatic carbocycles. The van der Waals surface area contributed by atoms with Crippen molar-refractivity contribution in [1.82, 2.24) is 14.7 Å². The monoisotopic (exact) mass is 378 g/mol. The average Bonchev–Trinajstić information content (AvgIpc) is 3.38. The van der Waals surface area contributed by atoms with E-state index in [1.807, 2.05) is 17.0 Å². The van der Waals surface area contributed by atoms with Crippen LogP contribution >= 0.6 is 11.3 Å². The number of fused-ring (bicyclic) bond motifs is 2. The van der Waals surface area contributed by atoms with Crippen LogP contribution in [0.3, 0.4) is 0 Å². The van der Waals surface area contributed by atoms with E-state index in [-0.39, 0.29) is 5.91 Å². The lowest BCUT2D eigenvalue weighted by atomic mass is 10.0. The largest absolute Gasteiger partial charge is 0.314 e. The zero-order chi connectivity index (χ0) is 18.2. The maximum atomic E-state index is 13.4. The van der Waals surface area contributed by atoms with Gasteiger partial charge in [0.05, 0.1) is 18.7 Å². The van der Waals surface area contributed by atoms with E-state index in [1.54, 1.807) is 11.3 Å². The summed E-state index contributed by atoms with van der Waals surface area (Å²) in [5.74, 6) is 0.983. The Labute approximate surface area is 163 Å².